The largest absolute Gasteiger partial charge is 0.462 e. The first-order valence-electron chi connectivity index (χ1n) is 34.0. The summed E-state index contributed by atoms with van der Waals surface area (Å²) in [6, 6.07) is 0. The molecule has 0 heterocycles. The van der Waals surface area contributed by atoms with Crippen LogP contribution in [0.25, 0.3) is 0 Å². The zero-order valence-corrected chi connectivity index (χ0v) is 51.3. The third-order valence-electron chi connectivity index (χ3n) is 15.4. The van der Waals surface area contributed by atoms with Crippen LogP contribution in [0, 0.1) is 0 Å². The molecule has 0 spiro atoms. The SMILES string of the molecule is CCCCC/C=C\C/C=C\CCCCCCCCCCCC(=O)OC(COC(=O)CCCCCCCCCCCCCCCC)COC(=O)CCCCCCCCCCCCCCC/C=C\CCCCCCCCCC. The minimum atomic E-state index is -0.772. The molecule has 0 fully saturated rings. The highest BCUT2D eigenvalue weighted by Gasteiger charge is 2.19. The molecule has 1 unspecified atom stereocenters. The minimum Gasteiger partial charge on any atom is -0.462 e. The van der Waals surface area contributed by atoms with Crippen LogP contribution in [-0.4, -0.2) is 37.2 Å². The van der Waals surface area contributed by atoms with Crippen molar-refractivity contribution in [3.05, 3.63) is 36.5 Å². The van der Waals surface area contributed by atoms with Crippen LogP contribution in [0.15, 0.2) is 36.5 Å². The van der Waals surface area contributed by atoms with E-state index in [0.29, 0.717) is 19.3 Å². The highest BCUT2D eigenvalue weighted by molar-refractivity contribution is 5.71. The van der Waals surface area contributed by atoms with Gasteiger partial charge in [0, 0.05) is 19.3 Å². The lowest BCUT2D eigenvalue weighted by Crippen LogP contribution is -2.30. The van der Waals surface area contributed by atoms with Crippen LogP contribution in [0.2, 0.25) is 0 Å². The lowest BCUT2D eigenvalue weighted by atomic mass is 10.0. The smallest absolute Gasteiger partial charge is 0.306 e. The predicted molar refractivity (Wildman–Crippen MR) is 330 cm³/mol. The van der Waals surface area contributed by atoms with Gasteiger partial charge in [-0.1, -0.05) is 314 Å². The van der Waals surface area contributed by atoms with E-state index in [9.17, 15) is 14.4 Å². The van der Waals surface area contributed by atoms with E-state index >= 15 is 0 Å². The van der Waals surface area contributed by atoms with Crippen molar-refractivity contribution in [2.75, 3.05) is 13.2 Å². The molecule has 0 aliphatic carbocycles. The molecule has 0 radical (unpaired) electrons. The molecule has 0 aliphatic heterocycles. The van der Waals surface area contributed by atoms with Crippen molar-refractivity contribution >= 4 is 17.9 Å². The molecule has 0 aromatic rings. The number of carbonyl (C=O) groups is 3. The normalized spacial score (nSPS) is 12.2. The van der Waals surface area contributed by atoms with Crippen molar-refractivity contribution in [1.82, 2.24) is 0 Å². The Morgan fingerprint density at radius 2 is 0.474 bits per heavy atom. The molecule has 446 valence electrons. The van der Waals surface area contributed by atoms with Gasteiger partial charge in [-0.25, -0.2) is 0 Å². The third kappa shape index (κ3) is 62.5. The van der Waals surface area contributed by atoms with Crippen LogP contribution in [0.3, 0.4) is 0 Å². The number of esters is 3. The van der Waals surface area contributed by atoms with Crippen molar-refractivity contribution in [1.29, 1.82) is 0 Å². The fraction of sp³-hybridized carbons (Fsp3) is 0.871. The van der Waals surface area contributed by atoms with Crippen molar-refractivity contribution in [3.8, 4) is 0 Å². The standard InChI is InChI=1S/C70H130O6/c1-4-7-10-13-16-19-22-25-28-30-32-33-34-35-36-37-39-40-42-45-48-51-54-57-60-63-69(72)75-66-67(65-74-68(71)62-59-56-53-50-47-44-27-24-21-18-15-12-9-6-3)76-70(73)64-61-58-55-52-49-46-43-41-38-31-29-26-23-20-17-14-11-8-5-2/h17,20,26,29-30,32,67H,4-16,18-19,21-25,27-28,31,33-66H2,1-3H3/b20-17-,29-26-,32-30-. The Bertz CT molecular complexity index is 1270. The van der Waals surface area contributed by atoms with Crippen LogP contribution < -0.4 is 0 Å². The van der Waals surface area contributed by atoms with Crippen LogP contribution in [0.1, 0.15) is 374 Å². The Kier molecular flexibility index (Phi) is 63.1. The number of unbranched alkanes of at least 4 members (excludes halogenated alkanes) is 46. The number of rotatable bonds is 63. The summed E-state index contributed by atoms with van der Waals surface area (Å²) < 4.78 is 17.0. The Morgan fingerprint density at radius 1 is 0.263 bits per heavy atom. The summed E-state index contributed by atoms with van der Waals surface area (Å²) in [7, 11) is 0. The van der Waals surface area contributed by atoms with Crippen LogP contribution in [0.4, 0.5) is 0 Å². The van der Waals surface area contributed by atoms with Gasteiger partial charge in [-0.15, -0.1) is 0 Å². The van der Waals surface area contributed by atoms with Gasteiger partial charge in [0.1, 0.15) is 13.2 Å². The number of hydrogen-bond donors (Lipinski definition) is 0. The fourth-order valence-electron chi connectivity index (χ4n) is 10.2. The summed E-state index contributed by atoms with van der Waals surface area (Å²) in [5.41, 5.74) is 0. The summed E-state index contributed by atoms with van der Waals surface area (Å²) in [6.07, 6.45) is 80.2. The van der Waals surface area contributed by atoms with Crippen molar-refractivity contribution in [2.45, 2.75) is 380 Å². The Morgan fingerprint density at radius 3 is 0.763 bits per heavy atom. The van der Waals surface area contributed by atoms with Crippen LogP contribution in [-0.2, 0) is 28.6 Å². The second-order valence-electron chi connectivity index (χ2n) is 23.1. The molecule has 0 amide bonds. The Labute approximate surface area is 474 Å². The van der Waals surface area contributed by atoms with E-state index in [1.807, 2.05) is 0 Å². The van der Waals surface area contributed by atoms with Gasteiger partial charge in [0.2, 0.25) is 0 Å². The first-order chi connectivity index (χ1) is 37.5. The van der Waals surface area contributed by atoms with Crippen molar-refractivity contribution in [2.24, 2.45) is 0 Å². The van der Waals surface area contributed by atoms with Gasteiger partial charge in [-0.2, -0.15) is 0 Å². The molecule has 1 atom stereocenters. The minimum absolute atomic E-state index is 0.0688. The Balaban J connectivity index is 4.26. The molecule has 0 saturated carbocycles. The fourth-order valence-corrected chi connectivity index (χ4v) is 10.2. The van der Waals surface area contributed by atoms with E-state index in [1.54, 1.807) is 0 Å². The quantitative estimate of drug-likeness (QED) is 0.0261. The molecule has 0 aromatic heterocycles. The summed E-state index contributed by atoms with van der Waals surface area (Å²) in [6.45, 7) is 6.68. The first kappa shape index (κ1) is 73.6. The predicted octanol–water partition coefficient (Wildman–Crippen LogP) is 23.2. The van der Waals surface area contributed by atoms with Crippen molar-refractivity contribution in [3.63, 3.8) is 0 Å². The molecule has 0 aromatic carbocycles. The summed E-state index contributed by atoms with van der Waals surface area (Å²) >= 11 is 0. The summed E-state index contributed by atoms with van der Waals surface area (Å²) in [5, 5.41) is 0. The highest BCUT2D eigenvalue weighted by Crippen LogP contribution is 2.18. The van der Waals surface area contributed by atoms with Gasteiger partial charge < -0.3 is 14.2 Å². The maximum atomic E-state index is 12.9. The van der Waals surface area contributed by atoms with Crippen molar-refractivity contribution < 1.29 is 28.6 Å². The molecule has 0 aliphatic rings. The van der Waals surface area contributed by atoms with Gasteiger partial charge >= 0.3 is 17.9 Å². The van der Waals surface area contributed by atoms with E-state index in [4.69, 9.17) is 14.2 Å². The van der Waals surface area contributed by atoms with Gasteiger partial charge in [-0.05, 0) is 77.0 Å². The second-order valence-corrected chi connectivity index (χ2v) is 23.1. The van der Waals surface area contributed by atoms with Crippen LogP contribution in [0.5, 0.6) is 0 Å². The second kappa shape index (κ2) is 65.2. The number of allylic oxidation sites excluding steroid dienone is 6. The Hall–Kier alpha value is -2.37. The lowest BCUT2D eigenvalue weighted by Gasteiger charge is -2.18. The lowest BCUT2D eigenvalue weighted by molar-refractivity contribution is -0.167. The maximum absolute atomic E-state index is 12.9. The van der Waals surface area contributed by atoms with E-state index in [-0.39, 0.29) is 31.1 Å². The molecule has 76 heavy (non-hydrogen) atoms. The van der Waals surface area contributed by atoms with Gasteiger partial charge in [0.15, 0.2) is 6.10 Å². The number of carbonyl (C=O) groups excluding carboxylic acids is 3. The molecule has 6 heteroatoms. The topological polar surface area (TPSA) is 78.9 Å². The summed E-state index contributed by atoms with van der Waals surface area (Å²) in [5.74, 6) is -0.846. The monoisotopic (exact) mass is 1070 g/mol. The molecule has 6 nitrogen and oxygen atoms in total. The average molecular weight is 1070 g/mol. The summed E-state index contributed by atoms with van der Waals surface area (Å²) in [4.78, 5) is 38.4. The van der Waals surface area contributed by atoms with Gasteiger partial charge in [-0.3, -0.25) is 14.4 Å². The average Bonchev–Trinajstić information content (AvgIpc) is 3.42. The van der Waals surface area contributed by atoms with E-state index in [0.717, 1.165) is 64.2 Å². The van der Waals surface area contributed by atoms with Gasteiger partial charge in [0.05, 0.1) is 0 Å². The van der Waals surface area contributed by atoms with Gasteiger partial charge in [0.25, 0.3) is 0 Å². The molecule has 0 N–H and O–H groups in total. The molecular weight excluding hydrogens is 937 g/mol. The molecule has 0 rings (SSSR count). The molecule has 0 bridgehead atoms. The van der Waals surface area contributed by atoms with Crippen LogP contribution >= 0.6 is 0 Å². The maximum Gasteiger partial charge on any atom is 0.306 e. The molecule has 0 saturated heterocycles. The number of ether oxygens (including phenoxy) is 3. The third-order valence-corrected chi connectivity index (χ3v) is 15.4. The highest BCUT2D eigenvalue weighted by atomic mass is 16.6. The number of hydrogen-bond acceptors (Lipinski definition) is 6. The zero-order chi connectivity index (χ0) is 55.0. The van der Waals surface area contributed by atoms with E-state index in [1.165, 1.54) is 270 Å². The van der Waals surface area contributed by atoms with E-state index in [2.05, 4.69) is 57.2 Å². The van der Waals surface area contributed by atoms with E-state index < -0.39 is 6.10 Å². The first-order valence-corrected chi connectivity index (χ1v) is 34.0. The zero-order valence-electron chi connectivity index (χ0n) is 51.3. The molecular formula is C70H130O6.